The highest BCUT2D eigenvalue weighted by Crippen LogP contribution is 2.55. The first-order chi connectivity index (χ1) is 7.58. The van der Waals surface area contributed by atoms with Crippen molar-refractivity contribution in [3.8, 4) is 0 Å². The number of halogens is 1. The van der Waals surface area contributed by atoms with Gasteiger partial charge in [0.2, 0.25) is 0 Å². The van der Waals surface area contributed by atoms with E-state index < -0.39 is 0 Å². The number of aromatic nitrogens is 2. The number of rotatable bonds is 5. The average Bonchev–Trinajstić information content (AvgIpc) is 2.91. The maximum absolute atomic E-state index is 6.23. The van der Waals surface area contributed by atoms with Crippen LogP contribution in [-0.2, 0) is 7.05 Å². The van der Waals surface area contributed by atoms with Crippen LogP contribution in [0.1, 0.15) is 44.8 Å². The van der Waals surface area contributed by atoms with Gasteiger partial charge in [-0.3, -0.25) is 4.68 Å². The third-order valence-electron chi connectivity index (χ3n) is 3.55. The fourth-order valence-electron chi connectivity index (χ4n) is 2.19. The molecule has 1 unspecified atom stereocenters. The van der Waals surface area contributed by atoms with Gasteiger partial charge in [0, 0.05) is 7.05 Å². The Morgan fingerprint density at radius 1 is 1.62 bits per heavy atom. The molecule has 3 nitrogen and oxygen atoms in total. The zero-order chi connectivity index (χ0) is 11.8. The van der Waals surface area contributed by atoms with E-state index in [2.05, 4.69) is 24.3 Å². The van der Waals surface area contributed by atoms with Crippen LogP contribution in [-0.4, -0.2) is 16.3 Å². The average molecular weight is 242 g/mol. The van der Waals surface area contributed by atoms with Crippen molar-refractivity contribution in [1.82, 2.24) is 15.1 Å². The summed E-state index contributed by atoms with van der Waals surface area (Å²) in [5.41, 5.74) is 1.50. The quantitative estimate of drug-likeness (QED) is 0.859. The first-order valence-corrected chi connectivity index (χ1v) is 6.37. The predicted molar refractivity (Wildman–Crippen MR) is 66.6 cm³/mol. The van der Waals surface area contributed by atoms with E-state index in [0.29, 0.717) is 11.5 Å². The normalized spacial score (nSPS) is 19.8. The van der Waals surface area contributed by atoms with Crippen LogP contribution in [0.5, 0.6) is 0 Å². The lowest BCUT2D eigenvalue weighted by Gasteiger charge is -2.25. The minimum atomic E-state index is 0.340. The van der Waals surface area contributed by atoms with Gasteiger partial charge in [-0.1, -0.05) is 25.4 Å². The van der Waals surface area contributed by atoms with E-state index in [1.54, 1.807) is 6.20 Å². The molecular formula is C12H20ClN3. The number of nitrogens with zero attached hydrogens (tertiary/aromatic N) is 2. The van der Waals surface area contributed by atoms with Gasteiger partial charge in [0.25, 0.3) is 0 Å². The zero-order valence-corrected chi connectivity index (χ0v) is 11.0. The Morgan fingerprint density at radius 3 is 2.75 bits per heavy atom. The topological polar surface area (TPSA) is 29.9 Å². The molecular weight excluding hydrogens is 222 g/mol. The summed E-state index contributed by atoms with van der Waals surface area (Å²) in [6, 6.07) is 0.340. The molecule has 0 saturated heterocycles. The highest BCUT2D eigenvalue weighted by atomic mass is 35.5. The molecule has 2 rings (SSSR count). The van der Waals surface area contributed by atoms with Gasteiger partial charge in [-0.15, -0.1) is 0 Å². The highest BCUT2D eigenvalue weighted by Gasteiger charge is 2.47. The van der Waals surface area contributed by atoms with E-state index >= 15 is 0 Å². The van der Waals surface area contributed by atoms with Gasteiger partial charge >= 0.3 is 0 Å². The molecule has 0 aromatic carbocycles. The van der Waals surface area contributed by atoms with Gasteiger partial charge in [0.15, 0.2) is 0 Å². The molecule has 0 aliphatic heterocycles. The molecule has 1 fully saturated rings. The Hall–Kier alpha value is -0.540. The fourth-order valence-corrected chi connectivity index (χ4v) is 2.47. The third-order valence-corrected chi connectivity index (χ3v) is 3.84. The molecule has 1 aliphatic rings. The standard InChI is InChI=1S/C12H20ClN3/c1-4-7-14-11(12(2)5-6-12)10-9(13)8-15-16(10)3/h8,11,14H,4-7H2,1-3H3. The van der Waals surface area contributed by atoms with Gasteiger partial charge < -0.3 is 5.32 Å². The van der Waals surface area contributed by atoms with Crippen LogP contribution in [0.3, 0.4) is 0 Å². The lowest BCUT2D eigenvalue weighted by atomic mass is 9.95. The van der Waals surface area contributed by atoms with E-state index in [4.69, 9.17) is 11.6 Å². The van der Waals surface area contributed by atoms with Crippen LogP contribution in [0.15, 0.2) is 6.20 Å². The molecule has 4 heteroatoms. The van der Waals surface area contributed by atoms with Crippen molar-refractivity contribution in [2.45, 2.75) is 39.2 Å². The van der Waals surface area contributed by atoms with Crippen LogP contribution >= 0.6 is 11.6 Å². The van der Waals surface area contributed by atoms with Gasteiger partial charge in [-0.25, -0.2) is 0 Å². The van der Waals surface area contributed by atoms with Crippen LogP contribution < -0.4 is 5.32 Å². The maximum Gasteiger partial charge on any atom is 0.0834 e. The van der Waals surface area contributed by atoms with Crippen molar-refractivity contribution in [2.24, 2.45) is 12.5 Å². The monoisotopic (exact) mass is 241 g/mol. The number of hydrogen-bond donors (Lipinski definition) is 1. The van der Waals surface area contributed by atoms with Gasteiger partial charge in [0.1, 0.15) is 0 Å². The lowest BCUT2D eigenvalue weighted by molar-refractivity contribution is 0.348. The van der Waals surface area contributed by atoms with Crippen LogP contribution in [0.2, 0.25) is 5.02 Å². The van der Waals surface area contributed by atoms with Gasteiger partial charge in [-0.2, -0.15) is 5.10 Å². The van der Waals surface area contributed by atoms with Crippen molar-refractivity contribution >= 4 is 11.6 Å². The first-order valence-electron chi connectivity index (χ1n) is 5.99. The summed E-state index contributed by atoms with van der Waals surface area (Å²) in [7, 11) is 1.97. The van der Waals surface area contributed by atoms with Crippen LogP contribution in [0, 0.1) is 5.41 Å². The molecule has 1 aromatic rings. The third kappa shape index (κ3) is 2.11. The molecule has 16 heavy (non-hydrogen) atoms. The Balaban J connectivity index is 2.25. The van der Waals surface area contributed by atoms with Crippen molar-refractivity contribution in [3.63, 3.8) is 0 Å². The fraction of sp³-hybridized carbons (Fsp3) is 0.750. The smallest absolute Gasteiger partial charge is 0.0834 e. The minimum absolute atomic E-state index is 0.340. The Bertz CT molecular complexity index is 349. The van der Waals surface area contributed by atoms with Crippen LogP contribution in [0.25, 0.3) is 0 Å². The second kappa shape index (κ2) is 4.38. The Labute approximate surface area is 102 Å². The van der Waals surface area contributed by atoms with Gasteiger partial charge in [0.05, 0.1) is 23.0 Å². The molecule has 0 bridgehead atoms. The second-order valence-corrected chi connectivity index (χ2v) is 5.45. The minimum Gasteiger partial charge on any atom is -0.308 e. The number of aryl methyl sites for hydroxylation is 1. The lowest BCUT2D eigenvalue weighted by Crippen LogP contribution is -2.30. The first kappa shape index (κ1) is 11.9. The van der Waals surface area contributed by atoms with E-state index in [1.807, 2.05) is 11.7 Å². The Morgan fingerprint density at radius 2 is 2.31 bits per heavy atom. The van der Waals surface area contributed by atoms with Gasteiger partial charge in [-0.05, 0) is 31.2 Å². The summed E-state index contributed by atoms with van der Waals surface area (Å²) < 4.78 is 1.90. The summed E-state index contributed by atoms with van der Waals surface area (Å²) >= 11 is 6.23. The summed E-state index contributed by atoms with van der Waals surface area (Å²) in [4.78, 5) is 0. The maximum atomic E-state index is 6.23. The predicted octanol–water partition coefficient (Wildman–Crippen LogP) is 2.91. The van der Waals surface area contributed by atoms with Crippen molar-refractivity contribution < 1.29 is 0 Å². The number of nitrogens with one attached hydrogen (secondary N) is 1. The second-order valence-electron chi connectivity index (χ2n) is 5.04. The zero-order valence-electron chi connectivity index (χ0n) is 10.3. The molecule has 0 spiro atoms. The largest absolute Gasteiger partial charge is 0.308 e. The van der Waals surface area contributed by atoms with E-state index in [9.17, 15) is 0 Å². The molecule has 1 N–H and O–H groups in total. The van der Waals surface area contributed by atoms with E-state index in [1.165, 1.54) is 12.8 Å². The van der Waals surface area contributed by atoms with E-state index in [0.717, 1.165) is 23.7 Å². The molecule has 1 atom stereocenters. The Kier molecular flexibility index (Phi) is 3.27. The summed E-state index contributed by atoms with van der Waals surface area (Å²) in [5.74, 6) is 0. The molecule has 1 aliphatic carbocycles. The molecule has 0 radical (unpaired) electrons. The molecule has 90 valence electrons. The van der Waals surface area contributed by atoms with E-state index in [-0.39, 0.29) is 0 Å². The summed E-state index contributed by atoms with van der Waals surface area (Å²) in [6.07, 6.45) is 5.43. The van der Waals surface area contributed by atoms with Crippen molar-refractivity contribution in [2.75, 3.05) is 6.54 Å². The highest BCUT2D eigenvalue weighted by molar-refractivity contribution is 6.31. The molecule has 1 aromatic heterocycles. The SMILES string of the molecule is CCCNC(c1c(Cl)cnn1C)C1(C)CC1. The molecule has 1 heterocycles. The summed E-state index contributed by atoms with van der Waals surface area (Å²) in [5, 5.41) is 8.62. The summed E-state index contributed by atoms with van der Waals surface area (Å²) in [6.45, 7) is 5.54. The number of hydrogen-bond acceptors (Lipinski definition) is 2. The van der Waals surface area contributed by atoms with Crippen molar-refractivity contribution in [3.05, 3.63) is 16.9 Å². The molecule has 1 saturated carbocycles. The van der Waals surface area contributed by atoms with Crippen LogP contribution in [0.4, 0.5) is 0 Å². The van der Waals surface area contributed by atoms with Crippen molar-refractivity contribution in [1.29, 1.82) is 0 Å². The molecule has 0 amide bonds.